The molecule has 0 atom stereocenters. The van der Waals surface area contributed by atoms with Gasteiger partial charge in [0.2, 0.25) is 0 Å². The normalized spacial score (nSPS) is 17.1. The molecule has 0 spiro atoms. The minimum absolute atomic E-state index is 0.0841. The van der Waals surface area contributed by atoms with Gasteiger partial charge >= 0.3 is 0 Å². The summed E-state index contributed by atoms with van der Waals surface area (Å²) in [6.45, 7) is 5.24. The number of fused-ring (bicyclic) bond motifs is 1. The number of ether oxygens (including phenoxy) is 1. The summed E-state index contributed by atoms with van der Waals surface area (Å²) in [5.74, 6) is 0. The third-order valence-electron chi connectivity index (χ3n) is 4.12. The second-order valence-electron chi connectivity index (χ2n) is 5.17. The highest BCUT2D eigenvalue weighted by molar-refractivity contribution is 5.36. The molecule has 0 unspecified atom stereocenters. The van der Waals surface area contributed by atoms with Crippen molar-refractivity contribution in [2.45, 2.75) is 25.3 Å². The summed E-state index contributed by atoms with van der Waals surface area (Å²) < 4.78 is 5.45. The van der Waals surface area contributed by atoms with E-state index >= 15 is 0 Å². The van der Waals surface area contributed by atoms with Gasteiger partial charge in [-0.2, -0.15) is 0 Å². The molecule has 0 heterocycles. The molecule has 3 heteroatoms. The SMILES string of the molecule is CCOCCN(C)C1(CN)Cc2ccccc2C1. The molecular weight excluding hydrogens is 224 g/mol. The molecule has 100 valence electrons. The average Bonchev–Trinajstić information content (AvgIpc) is 2.78. The Morgan fingerprint density at radius 1 is 1.28 bits per heavy atom. The van der Waals surface area contributed by atoms with E-state index in [0.717, 1.165) is 32.6 Å². The number of rotatable bonds is 6. The standard InChI is InChI=1S/C15H24N2O/c1-3-18-9-8-17(2)15(12-16)10-13-6-4-5-7-14(13)11-15/h4-7H,3,8-12,16H2,1-2H3. The number of likely N-dealkylation sites (N-methyl/N-ethyl adjacent to an activating group) is 1. The van der Waals surface area contributed by atoms with E-state index in [1.165, 1.54) is 11.1 Å². The van der Waals surface area contributed by atoms with Gasteiger partial charge in [-0.15, -0.1) is 0 Å². The van der Waals surface area contributed by atoms with Crippen molar-refractivity contribution in [1.29, 1.82) is 0 Å². The van der Waals surface area contributed by atoms with E-state index in [4.69, 9.17) is 10.5 Å². The summed E-state index contributed by atoms with van der Waals surface area (Å²) in [4.78, 5) is 2.38. The van der Waals surface area contributed by atoms with Crippen molar-refractivity contribution in [2.75, 3.05) is 33.4 Å². The topological polar surface area (TPSA) is 38.5 Å². The van der Waals surface area contributed by atoms with Crippen LogP contribution in [-0.2, 0) is 17.6 Å². The summed E-state index contributed by atoms with van der Waals surface area (Å²) >= 11 is 0. The summed E-state index contributed by atoms with van der Waals surface area (Å²) in [5.41, 5.74) is 9.06. The van der Waals surface area contributed by atoms with E-state index in [2.05, 4.69) is 36.2 Å². The van der Waals surface area contributed by atoms with Crippen LogP contribution in [0.4, 0.5) is 0 Å². The zero-order valence-corrected chi connectivity index (χ0v) is 11.5. The fraction of sp³-hybridized carbons (Fsp3) is 0.600. The smallest absolute Gasteiger partial charge is 0.0593 e. The first kappa shape index (κ1) is 13.5. The third-order valence-corrected chi connectivity index (χ3v) is 4.12. The maximum atomic E-state index is 6.07. The van der Waals surface area contributed by atoms with Crippen molar-refractivity contribution in [3.8, 4) is 0 Å². The minimum atomic E-state index is 0.0841. The highest BCUT2D eigenvalue weighted by Gasteiger charge is 2.39. The molecule has 2 rings (SSSR count). The molecule has 2 N–H and O–H groups in total. The lowest BCUT2D eigenvalue weighted by molar-refractivity contribution is 0.0721. The lowest BCUT2D eigenvalue weighted by atomic mass is 9.94. The van der Waals surface area contributed by atoms with Crippen molar-refractivity contribution >= 4 is 0 Å². The Kier molecular flexibility index (Phi) is 4.38. The molecular formula is C15H24N2O. The fourth-order valence-electron chi connectivity index (χ4n) is 2.83. The minimum Gasteiger partial charge on any atom is -0.380 e. The predicted molar refractivity (Wildman–Crippen MR) is 74.8 cm³/mol. The molecule has 0 saturated heterocycles. The van der Waals surface area contributed by atoms with Gasteiger partial charge in [-0.1, -0.05) is 24.3 Å². The molecule has 0 aromatic heterocycles. The Morgan fingerprint density at radius 2 is 1.89 bits per heavy atom. The number of nitrogens with two attached hydrogens (primary N) is 1. The van der Waals surface area contributed by atoms with Gasteiger partial charge in [-0.05, 0) is 37.9 Å². The molecule has 1 aliphatic carbocycles. The second kappa shape index (κ2) is 5.83. The Hall–Kier alpha value is -0.900. The largest absolute Gasteiger partial charge is 0.380 e. The molecule has 1 aliphatic rings. The zero-order valence-electron chi connectivity index (χ0n) is 11.5. The van der Waals surface area contributed by atoms with E-state index in [9.17, 15) is 0 Å². The Balaban J connectivity index is 2.05. The Bertz CT molecular complexity index is 367. The maximum Gasteiger partial charge on any atom is 0.0593 e. The zero-order chi connectivity index (χ0) is 13.0. The molecule has 0 saturated carbocycles. The van der Waals surface area contributed by atoms with Crippen LogP contribution in [0.15, 0.2) is 24.3 Å². The molecule has 1 aromatic carbocycles. The van der Waals surface area contributed by atoms with Crippen molar-refractivity contribution in [3.63, 3.8) is 0 Å². The van der Waals surface area contributed by atoms with Crippen LogP contribution in [0.25, 0.3) is 0 Å². The van der Waals surface area contributed by atoms with Gasteiger partial charge < -0.3 is 10.5 Å². The highest BCUT2D eigenvalue weighted by Crippen LogP contribution is 2.33. The van der Waals surface area contributed by atoms with Crippen LogP contribution in [0.2, 0.25) is 0 Å². The number of nitrogens with zero attached hydrogens (tertiary/aromatic N) is 1. The third kappa shape index (κ3) is 2.58. The molecule has 0 amide bonds. The quantitative estimate of drug-likeness (QED) is 0.774. The van der Waals surface area contributed by atoms with Gasteiger partial charge in [0.25, 0.3) is 0 Å². The van der Waals surface area contributed by atoms with Crippen molar-refractivity contribution in [3.05, 3.63) is 35.4 Å². The summed E-state index contributed by atoms with van der Waals surface area (Å²) in [6, 6.07) is 8.68. The molecule has 0 fully saturated rings. The predicted octanol–water partition coefficient (Wildman–Crippen LogP) is 1.45. The van der Waals surface area contributed by atoms with E-state index in [-0.39, 0.29) is 5.54 Å². The molecule has 0 bridgehead atoms. The number of hydrogen-bond acceptors (Lipinski definition) is 3. The fourth-order valence-corrected chi connectivity index (χ4v) is 2.83. The maximum absolute atomic E-state index is 6.07. The van der Waals surface area contributed by atoms with Crippen LogP contribution < -0.4 is 5.73 Å². The van der Waals surface area contributed by atoms with E-state index in [1.54, 1.807) is 0 Å². The first-order valence-electron chi connectivity index (χ1n) is 6.77. The molecule has 0 radical (unpaired) electrons. The molecule has 1 aromatic rings. The average molecular weight is 248 g/mol. The van der Waals surface area contributed by atoms with Crippen LogP contribution >= 0.6 is 0 Å². The van der Waals surface area contributed by atoms with Crippen LogP contribution in [0, 0.1) is 0 Å². The van der Waals surface area contributed by atoms with E-state index < -0.39 is 0 Å². The van der Waals surface area contributed by atoms with Gasteiger partial charge in [-0.25, -0.2) is 0 Å². The first-order valence-corrected chi connectivity index (χ1v) is 6.77. The molecule has 0 aliphatic heterocycles. The van der Waals surface area contributed by atoms with Gasteiger partial charge in [0.05, 0.1) is 6.61 Å². The number of hydrogen-bond donors (Lipinski definition) is 1. The number of benzene rings is 1. The van der Waals surface area contributed by atoms with Gasteiger partial charge in [-0.3, -0.25) is 4.90 Å². The molecule has 3 nitrogen and oxygen atoms in total. The molecule has 18 heavy (non-hydrogen) atoms. The van der Waals surface area contributed by atoms with Gasteiger partial charge in [0.1, 0.15) is 0 Å². The monoisotopic (exact) mass is 248 g/mol. The second-order valence-corrected chi connectivity index (χ2v) is 5.17. The van der Waals surface area contributed by atoms with Crippen LogP contribution in [-0.4, -0.2) is 43.8 Å². The van der Waals surface area contributed by atoms with Crippen LogP contribution in [0.5, 0.6) is 0 Å². The van der Waals surface area contributed by atoms with E-state index in [1.807, 2.05) is 6.92 Å². The first-order chi connectivity index (χ1) is 8.72. The van der Waals surface area contributed by atoms with E-state index in [0.29, 0.717) is 6.54 Å². The lowest BCUT2D eigenvalue weighted by Crippen LogP contribution is -2.54. The summed E-state index contributed by atoms with van der Waals surface area (Å²) in [6.07, 6.45) is 2.12. The van der Waals surface area contributed by atoms with Crippen molar-refractivity contribution < 1.29 is 4.74 Å². The Morgan fingerprint density at radius 3 is 2.39 bits per heavy atom. The van der Waals surface area contributed by atoms with Gasteiger partial charge in [0, 0.05) is 25.2 Å². The van der Waals surface area contributed by atoms with Crippen LogP contribution in [0.3, 0.4) is 0 Å². The summed E-state index contributed by atoms with van der Waals surface area (Å²) in [5, 5.41) is 0. The van der Waals surface area contributed by atoms with Gasteiger partial charge in [0.15, 0.2) is 0 Å². The van der Waals surface area contributed by atoms with Crippen molar-refractivity contribution in [2.24, 2.45) is 5.73 Å². The highest BCUT2D eigenvalue weighted by atomic mass is 16.5. The summed E-state index contributed by atoms with van der Waals surface area (Å²) in [7, 11) is 2.16. The lowest BCUT2D eigenvalue weighted by Gasteiger charge is -2.38. The Labute approximate surface area is 110 Å². The van der Waals surface area contributed by atoms with Crippen molar-refractivity contribution in [1.82, 2.24) is 4.90 Å². The van der Waals surface area contributed by atoms with Crippen LogP contribution in [0.1, 0.15) is 18.1 Å².